The summed E-state index contributed by atoms with van der Waals surface area (Å²) >= 11 is 0. The highest BCUT2D eigenvalue weighted by Crippen LogP contribution is 2.25. The van der Waals surface area contributed by atoms with Crippen molar-refractivity contribution in [2.24, 2.45) is 0 Å². The van der Waals surface area contributed by atoms with Crippen LogP contribution in [0, 0.1) is 5.82 Å². The minimum atomic E-state index is -0.401. The highest BCUT2D eigenvalue weighted by molar-refractivity contribution is 5.99. The van der Waals surface area contributed by atoms with Gasteiger partial charge >= 0.3 is 0 Å². The van der Waals surface area contributed by atoms with Crippen LogP contribution in [0.4, 0.5) is 4.39 Å². The summed E-state index contributed by atoms with van der Waals surface area (Å²) in [5.74, 6) is -0.633. The lowest BCUT2D eigenvalue weighted by Gasteiger charge is -2.16. The third kappa shape index (κ3) is 3.45. The number of halogens is 1. The van der Waals surface area contributed by atoms with E-state index in [9.17, 15) is 9.18 Å². The number of nitrogens with one attached hydrogen (secondary N) is 1. The van der Waals surface area contributed by atoms with Crippen molar-refractivity contribution in [1.82, 2.24) is 24.9 Å². The third-order valence-corrected chi connectivity index (χ3v) is 3.96. The molecule has 0 radical (unpaired) electrons. The monoisotopic (exact) mass is 341 g/mol. The SMILES string of the molecule is CC(C)n1cc(CN(C)C(=O)c2cn[nH]c2-c2ccccc2F)cn1. The molecule has 2 heterocycles. The zero-order chi connectivity index (χ0) is 18.0. The Hall–Kier alpha value is -2.96. The largest absolute Gasteiger partial charge is 0.337 e. The van der Waals surface area contributed by atoms with Crippen LogP contribution in [0.25, 0.3) is 11.3 Å². The molecule has 2 aromatic heterocycles. The Bertz CT molecular complexity index is 883. The van der Waals surface area contributed by atoms with Crippen LogP contribution in [0.15, 0.2) is 42.9 Å². The second kappa shape index (κ2) is 6.88. The van der Waals surface area contributed by atoms with E-state index in [-0.39, 0.29) is 11.9 Å². The maximum atomic E-state index is 14.0. The van der Waals surface area contributed by atoms with Crippen LogP contribution in [0.5, 0.6) is 0 Å². The van der Waals surface area contributed by atoms with Gasteiger partial charge < -0.3 is 4.90 Å². The predicted octanol–water partition coefficient (Wildman–Crippen LogP) is 3.27. The van der Waals surface area contributed by atoms with Crippen molar-refractivity contribution in [1.29, 1.82) is 0 Å². The Labute approximate surface area is 145 Å². The second-order valence-corrected chi connectivity index (χ2v) is 6.22. The average Bonchev–Trinajstić information content (AvgIpc) is 3.24. The van der Waals surface area contributed by atoms with Gasteiger partial charge in [0.15, 0.2) is 0 Å². The number of amides is 1. The van der Waals surface area contributed by atoms with Crippen LogP contribution in [0.3, 0.4) is 0 Å². The van der Waals surface area contributed by atoms with Crippen LogP contribution in [0.2, 0.25) is 0 Å². The van der Waals surface area contributed by atoms with Gasteiger partial charge in [-0.3, -0.25) is 14.6 Å². The fraction of sp³-hybridized carbons (Fsp3) is 0.278. The molecule has 3 aromatic rings. The van der Waals surface area contributed by atoms with E-state index in [1.165, 1.54) is 12.3 Å². The molecular weight excluding hydrogens is 321 g/mol. The molecule has 130 valence electrons. The summed E-state index contributed by atoms with van der Waals surface area (Å²) in [7, 11) is 1.70. The number of rotatable bonds is 5. The van der Waals surface area contributed by atoms with E-state index >= 15 is 0 Å². The number of aromatic nitrogens is 4. The predicted molar refractivity (Wildman–Crippen MR) is 92.4 cm³/mol. The third-order valence-electron chi connectivity index (χ3n) is 3.96. The molecule has 6 nitrogen and oxygen atoms in total. The first kappa shape index (κ1) is 16.9. The molecule has 0 spiro atoms. The lowest BCUT2D eigenvalue weighted by atomic mass is 10.1. The van der Waals surface area contributed by atoms with E-state index in [4.69, 9.17) is 0 Å². The Morgan fingerprint density at radius 2 is 2.08 bits per heavy atom. The molecule has 7 heteroatoms. The zero-order valence-corrected chi connectivity index (χ0v) is 14.4. The fourth-order valence-electron chi connectivity index (χ4n) is 2.61. The lowest BCUT2D eigenvalue weighted by molar-refractivity contribution is 0.0786. The second-order valence-electron chi connectivity index (χ2n) is 6.22. The van der Waals surface area contributed by atoms with E-state index in [1.807, 2.05) is 24.7 Å². The van der Waals surface area contributed by atoms with Crippen LogP contribution in [-0.2, 0) is 6.54 Å². The molecule has 0 saturated carbocycles. The van der Waals surface area contributed by atoms with E-state index in [0.717, 1.165) is 5.56 Å². The van der Waals surface area contributed by atoms with Gasteiger partial charge in [-0.25, -0.2) is 4.39 Å². The van der Waals surface area contributed by atoms with E-state index in [0.29, 0.717) is 23.4 Å². The quantitative estimate of drug-likeness (QED) is 0.774. The van der Waals surface area contributed by atoms with Crippen LogP contribution >= 0.6 is 0 Å². The van der Waals surface area contributed by atoms with Crippen molar-refractivity contribution in [3.05, 3.63) is 59.8 Å². The van der Waals surface area contributed by atoms with Gasteiger partial charge in [-0.2, -0.15) is 10.2 Å². The first-order chi connectivity index (χ1) is 12.0. The molecule has 0 aliphatic carbocycles. The summed E-state index contributed by atoms with van der Waals surface area (Å²) in [6.07, 6.45) is 5.09. The molecule has 1 amide bonds. The number of carbonyl (C=O) groups excluding carboxylic acids is 1. The number of aromatic amines is 1. The number of nitrogens with zero attached hydrogens (tertiary/aromatic N) is 4. The smallest absolute Gasteiger partial charge is 0.257 e. The van der Waals surface area contributed by atoms with Gasteiger partial charge in [0.1, 0.15) is 5.82 Å². The van der Waals surface area contributed by atoms with Crippen LogP contribution in [0.1, 0.15) is 35.8 Å². The Morgan fingerprint density at radius 3 is 2.76 bits per heavy atom. The number of benzene rings is 1. The summed E-state index contributed by atoms with van der Waals surface area (Å²) in [4.78, 5) is 14.3. The Morgan fingerprint density at radius 1 is 1.32 bits per heavy atom. The van der Waals surface area contributed by atoms with Crippen molar-refractivity contribution >= 4 is 5.91 Å². The number of carbonyl (C=O) groups is 1. The standard InChI is InChI=1S/C18H20FN5O/c1-12(2)24-11-13(8-21-24)10-23(3)18(25)15-9-20-22-17(15)14-6-4-5-7-16(14)19/h4-9,11-12H,10H2,1-3H3,(H,20,22). The van der Waals surface area contributed by atoms with Gasteiger partial charge in [0.25, 0.3) is 5.91 Å². The minimum Gasteiger partial charge on any atom is -0.337 e. The van der Waals surface area contributed by atoms with Crippen molar-refractivity contribution in [3.63, 3.8) is 0 Å². The first-order valence-corrected chi connectivity index (χ1v) is 8.04. The summed E-state index contributed by atoms with van der Waals surface area (Å²) < 4.78 is 15.9. The van der Waals surface area contributed by atoms with Gasteiger partial charge in [0.2, 0.25) is 0 Å². The van der Waals surface area contributed by atoms with Gasteiger partial charge in [0, 0.05) is 37.0 Å². The average molecular weight is 341 g/mol. The summed E-state index contributed by atoms with van der Waals surface area (Å²) in [5.41, 5.74) is 1.97. The lowest BCUT2D eigenvalue weighted by Crippen LogP contribution is -2.26. The molecule has 0 fully saturated rings. The summed E-state index contributed by atoms with van der Waals surface area (Å²) in [6, 6.07) is 6.56. The zero-order valence-electron chi connectivity index (χ0n) is 14.4. The summed E-state index contributed by atoms with van der Waals surface area (Å²) in [6.45, 7) is 4.49. The summed E-state index contributed by atoms with van der Waals surface area (Å²) in [5, 5.41) is 10.9. The van der Waals surface area contributed by atoms with Crippen molar-refractivity contribution < 1.29 is 9.18 Å². The molecule has 0 saturated heterocycles. The van der Waals surface area contributed by atoms with Crippen LogP contribution in [-0.4, -0.2) is 37.8 Å². The molecule has 25 heavy (non-hydrogen) atoms. The maximum Gasteiger partial charge on any atom is 0.257 e. The van der Waals surface area contributed by atoms with Gasteiger partial charge in [-0.05, 0) is 26.0 Å². The van der Waals surface area contributed by atoms with Gasteiger partial charge in [-0.15, -0.1) is 0 Å². The molecule has 0 aliphatic rings. The molecule has 1 aromatic carbocycles. The number of hydrogen-bond donors (Lipinski definition) is 1. The van der Waals surface area contributed by atoms with Crippen molar-refractivity contribution in [2.45, 2.75) is 26.4 Å². The Balaban J connectivity index is 1.81. The normalized spacial score (nSPS) is 11.1. The molecule has 0 aliphatic heterocycles. The molecule has 1 N–H and O–H groups in total. The molecule has 0 bridgehead atoms. The van der Waals surface area contributed by atoms with Gasteiger partial charge in [-0.1, -0.05) is 12.1 Å². The number of hydrogen-bond acceptors (Lipinski definition) is 3. The molecular formula is C18H20FN5O. The highest BCUT2D eigenvalue weighted by Gasteiger charge is 2.21. The molecule has 0 atom stereocenters. The molecule has 0 unspecified atom stereocenters. The first-order valence-electron chi connectivity index (χ1n) is 8.04. The maximum absolute atomic E-state index is 14.0. The minimum absolute atomic E-state index is 0.232. The van der Waals surface area contributed by atoms with Crippen molar-refractivity contribution in [2.75, 3.05) is 7.05 Å². The van der Waals surface area contributed by atoms with Crippen molar-refractivity contribution in [3.8, 4) is 11.3 Å². The van der Waals surface area contributed by atoms with Gasteiger partial charge in [0.05, 0.1) is 23.7 Å². The fourth-order valence-corrected chi connectivity index (χ4v) is 2.61. The highest BCUT2D eigenvalue weighted by atomic mass is 19.1. The topological polar surface area (TPSA) is 66.8 Å². The van der Waals surface area contributed by atoms with Crippen LogP contribution < -0.4 is 0 Å². The van der Waals surface area contributed by atoms with E-state index in [2.05, 4.69) is 15.3 Å². The Kier molecular flexibility index (Phi) is 4.65. The van der Waals surface area contributed by atoms with E-state index < -0.39 is 5.82 Å². The molecule has 3 rings (SSSR count). The van der Waals surface area contributed by atoms with E-state index in [1.54, 1.807) is 36.3 Å². The number of H-pyrrole nitrogens is 1.